The van der Waals surface area contributed by atoms with Gasteiger partial charge >= 0.3 is 6.03 Å². The quantitative estimate of drug-likeness (QED) is 0.488. The molecule has 0 spiro atoms. The number of aldehydes is 1. The van der Waals surface area contributed by atoms with Gasteiger partial charge in [-0.3, -0.25) is 9.69 Å². The van der Waals surface area contributed by atoms with Crippen molar-refractivity contribution in [1.29, 1.82) is 0 Å². The number of hydrazine groups is 1. The highest BCUT2D eigenvalue weighted by Gasteiger charge is 2.39. The van der Waals surface area contributed by atoms with E-state index in [-0.39, 0.29) is 37.7 Å². The molecule has 0 aromatic carbocycles. The third-order valence-electron chi connectivity index (χ3n) is 4.14. The van der Waals surface area contributed by atoms with Gasteiger partial charge in [0.1, 0.15) is 24.5 Å². The van der Waals surface area contributed by atoms with Crippen LogP contribution in [-0.4, -0.2) is 90.7 Å². The molecular weight excluding hydrogens is 360 g/mol. The second kappa shape index (κ2) is 10.1. The number of primary amides is 1. The van der Waals surface area contributed by atoms with Crippen LogP contribution >= 0.6 is 0 Å². The van der Waals surface area contributed by atoms with E-state index in [9.17, 15) is 23.2 Å². The summed E-state index contributed by atoms with van der Waals surface area (Å²) in [6.45, 7) is 2.79. The van der Waals surface area contributed by atoms with E-state index in [0.717, 1.165) is 6.08 Å². The van der Waals surface area contributed by atoms with Crippen LogP contribution in [0.2, 0.25) is 0 Å². The summed E-state index contributed by atoms with van der Waals surface area (Å²) >= 11 is 0. The Morgan fingerprint density at radius 3 is 2.59 bits per heavy atom. The molecule has 0 radical (unpaired) electrons. The predicted molar refractivity (Wildman–Crippen MR) is 96.6 cm³/mol. The molecule has 27 heavy (non-hydrogen) atoms. The maximum absolute atomic E-state index is 14.1. The highest BCUT2D eigenvalue weighted by molar-refractivity contribution is 5.83. The highest BCUT2D eigenvalue weighted by Crippen LogP contribution is 2.19. The standard InChI is InChI=1S/C17H27F2N5O3/c1-5-13(14(19)8-12(2)18)9-21(3)10-15-23(6-7-25)16(26)11-22(4)24(15)17(20)27/h5,7-8,12,15H,6,9-11H2,1-4H3,(H2,20,27)/b13-5-,14-8+. The normalized spacial score (nSPS) is 21.0. The maximum Gasteiger partial charge on any atom is 0.331 e. The van der Waals surface area contributed by atoms with Crippen molar-refractivity contribution in [2.24, 2.45) is 5.73 Å². The van der Waals surface area contributed by atoms with Gasteiger partial charge in [0, 0.05) is 20.1 Å². The Kier molecular flexibility index (Phi) is 8.51. The smallest absolute Gasteiger partial charge is 0.331 e. The number of allylic oxidation sites excluding steroid dienone is 2. The van der Waals surface area contributed by atoms with Crippen LogP contribution in [0, 0.1) is 0 Å². The molecule has 1 aliphatic heterocycles. The van der Waals surface area contributed by atoms with Crippen LogP contribution in [0.1, 0.15) is 13.8 Å². The summed E-state index contributed by atoms with van der Waals surface area (Å²) in [5.41, 5.74) is 5.70. The minimum atomic E-state index is -1.43. The number of carbonyl (C=O) groups is 3. The highest BCUT2D eigenvalue weighted by atomic mass is 19.1. The Hall–Kier alpha value is -2.33. The molecule has 8 nitrogen and oxygen atoms in total. The summed E-state index contributed by atoms with van der Waals surface area (Å²) in [5, 5.41) is 2.57. The number of urea groups is 1. The Balaban J connectivity index is 3.02. The third kappa shape index (κ3) is 6.10. The second-order valence-electron chi connectivity index (χ2n) is 6.39. The molecule has 1 heterocycles. The molecule has 10 heteroatoms. The number of nitrogens with two attached hydrogens (primary N) is 1. The molecule has 2 atom stereocenters. The Bertz CT molecular complexity index is 624. The largest absolute Gasteiger partial charge is 0.350 e. The van der Waals surface area contributed by atoms with Crippen molar-refractivity contribution in [3.05, 3.63) is 23.6 Å². The maximum atomic E-state index is 14.1. The van der Waals surface area contributed by atoms with Crippen LogP contribution in [0.15, 0.2) is 23.6 Å². The number of likely N-dealkylation sites (N-methyl/N-ethyl adjacent to an activating group) is 2. The van der Waals surface area contributed by atoms with Crippen LogP contribution in [0.25, 0.3) is 0 Å². The predicted octanol–water partition coefficient (Wildman–Crippen LogP) is 0.671. The Morgan fingerprint density at radius 2 is 2.11 bits per heavy atom. The molecule has 1 fully saturated rings. The van der Waals surface area contributed by atoms with E-state index in [0.29, 0.717) is 6.29 Å². The molecule has 3 amide bonds. The van der Waals surface area contributed by atoms with Crippen molar-refractivity contribution in [2.45, 2.75) is 26.2 Å². The number of alkyl halides is 1. The first kappa shape index (κ1) is 22.7. The van der Waals surface area contributed by atoms with E-state index in [4.69, 9.17) is 5.73 Å². The van der Waals surface area contributed by atoms with Crippen LogP contribution in [0.4, 0.5) is 13.6 Å². The average Bonchev–Trinajstić information content (AvgIpc) is 2.54. The molecule has 152 valence electrons. The first-order valence-corrected chi connectivity index (χ1v) is 8.50. The number of carbonyl (C=O) groups excluding carboxylic acids is 3. The number of amides is 3. The first-order chi connectivity index (χ1) is 12.6. The summed E-state index contributed by atoms with van der Waals surface area (Å²) < 4.78 is 27.1. The van der Waals surface area contributed by atoms with Gasteiger partial charge in [-0.05, 0) is 32.5 Å². The van der Waals surface area contributed by atoms with Gasteiger partial charge in [0.05, 0.1) is 13.1 Å². The molecule has 0 aliphatic carbocycles. The average molecular weight is 387 g/mol. The number of nitrogens with zero attached hydrogens (tertiary/aromatic N) is 4. The lowest BCUT2D eigenvalue weighted by Gasteiger charge is -2.47. The van der Waals surface area contributed by atoms with Crippen LogP contribution in [0.5, 0.6) is 0 Å². The van der Waals surface area contributed by atoms with E-state index in [1.807, 2.05) is 0 Å². The topological polar surface area (TPSA) is 90.2 Å². The van der Waals surface area contributed by atoms with E-state index in [2.05, 4.69) is 0 Å². The van der Waals surface area contributed by atoms with Gasteiger partial charge in [-0.25, -0.2) is 23.6 Å². The Morgan fingerprint density at radius 1 is 1.48 bits per heavy atom. The minimum absolute atomic E-state index is 0.0944. The summed E-state index contributed by atoms with van der Waals surface area (Å²) in [6, 6.07) is -0.775. The zero-order chi connectivity index (χ0) is 20.7. The SMILES string of the molecule is C/C=C(CN(C)CC1N(CC=O)C(=O)CN(C)N1C(N)=O)\C(F)=C/C(C)F. The summed E-state index contributed by atoms with van der Waals surface area (Å²) in [4.78, 5) is 38.0. The lowest BCUT2D eigenvalue weighted by atomic mass is 10.1. The molecule has 2 unspecified atom stereocenters. The lowest BCUT2D eigenvalue weighted by Crippen LogP contribution is -2.69. The fourth-order valence-electron chi connectivity index (χ4n) is 2.93. The fraction of sp³-hybridized carbons (Fsp3) is 0.588. The summed E-state index contributed by atoms with van der Waals surface area (Å²) in [5.74, 6) is -1.00. The van der Waals surface area contributed by atoms with Crippen molar-refractivity contribution < 1.29 is 23.2 Å². The summed E-state index contributed by atoms with van der Waals surface area (Å²) in [7, 11) is 3.20. The van der Waals surface area contributed by atoms with Crippen LogP contribution in [-0.2, 0) is 9.59 Å². The zero-order valence-corrected chi connectivity index (χ0v) is 16.1. The van der Waals surface area contributed by atoms with Gasteiger partial charge in [-0.15, -0.1) is 0 Å². The van der Waals surface area contributed by atoms with Crippen molar-refractivity contribution in [3.8, 4) is 0 Å². The van der Waals surface area contributed by atoms with Crippen LogP contribution in [0.3, 0.4) is 0 Å². The Labute approximate surface area is 157 Å². The molecule has 1 saturated heterocycles. The van der Waals surface area contributed by atoms with E-state index in [1.165, 1.54) is 35.0 Å². The van der Waals surface area contributed by atoms with E-state index in [1.54, 1.807) is 18.9 Å². The number of hydrogen-bond donors (Lipinski definition) is 1. The molecule has 1 rings (SSSR count). The van der Waals surface area contributed by atoms with E-state index >= 15 is 0 Å². The molecule has 0 bridgehead atoms. The van der Waals surface area contributed by atoms with Gasteiger partial charge < -0.3 is 15.4 Å². The van der Waals surface area contributed by atoms with Gasteiger partial charge in [0.15, 0.2) is 0 Å². The van der Waals surface area contributed by atoms with E-state index < -0.39 is 24.2 Å². The molecule has 2 N–H and O–H groups in total. The molecule has 1 aliphatic rings. The number of rotatable bonds is 8. The van der Waals surface area contributed by atoms with Crippen molar-refractivity contribution in [1.82, 2.24) is 19.8 Å². The van der Waals surface area contributed by atoms with Crippen molar-refractivity contribution >= 4 is 18.2 Å². The molecule has 0 saturated carbocycles. The van der Waals surface area contributed by atoms with Gasteiger partial charge in [-0.1, -0.05) is 6.08 Å². The van der Waals surface area contributed by atoms with Gasteiger partial charge in [-0.2, -0.15) is 0 Å². The molecule has 0 aromatic rings. The van der Waals surface area contributed by atoms with Gasteiger partial charge in [0.25, 0.3) is 0 Å². The minimum Gasteiger partial charge on any atom is -0.350 e. The second-order valence-corrected chi connectivity index (χ2v) is 6.39. The summed E-state index contributed by atoms with van der Waals surface area (Å²) in [6.07, 6.45) is 0.711. The fourth-order valence-corrected chi connectivity index (χ4v) is 2.93. The molecular formula is C17H27F2N5O3. The van der Waals surface area contributed by atoms with Crippen molar-refractivity contribution in [2.75, 3.05) is 40.3 Å². The zero-order valence-electron chi connectivity index (χ0n) is 16.1. The lowest BCUT2D eigenvalue weighted by molar-refractivity contribution is -0.164. The monoisotopic (exact) mass is 387 g/mol. The van der Waals surface area contributed by atoms with Crippen LogP contribution < -0.4 is 5.73 Å². The first-order valence-electron chi connectivity index (χ1n) is 8.50. The number of hydrogen-bond acceptors (Lipinski definition) is 5. The third-order valence-corrected chi connectivity index (χ3v) is 4.14. The van der Waals surface area contributed by atoms with Crippen molar-refractivity contribution in [3.63, 3.8) is 0 Å². The molecule has 0 aromatic heterocycles. The number of halogens is 2. The van der Waals surface area contributed by atoms with Gasteiger partial charge in [0.2, 0.25) is 5.91 Å².